The quantitative estimate of drug-likeness (QED) is 0.523. The van der Waals surface area contributed by atoms with E-state index in [2.05, 4.69) is 0 Å². The van der Waals surface area contributed by atoms with Crippen LogP contribution in [-0.2, 0) is 9.90 Å². The Labute approximate surface area is 53.7 Å². The maximum atomic E-state index is 11.4. The van der Waals surface area contributed by atoms with Gasteiger partial charge in [-0.25, -0.2) is 9.90 Å². The van der Waals surface area contributed by atoms with Crippen molar-refractivity contribution >= 4 is 5.97 Å². The number of halogens is 1. The molecule has 0 saturated carbocycles. The first-order valence-corrected chi connectivity index (χ1v) is 3.03. The van der Waals surface area contributed by atoms with Crippen molar-refractivity contribution in [1.29, 1.82) is 0 Å². The molecule has 0 aliphatic heterocycles. The molecule has 3 heteroatoms. The van der Waals surface area contributed by atoms with Crippen molar-refractivity contribution in [2.24, 2.45) is 0 Å². The maximum Gasteiger partial charge on any atom is 0.355 e. The van der Waals surface area contributed by atoms with Gasteiger partial charge in [0.05, 0.1) is 13.1 Å². The molecule has 9 heavy (non-hydrogen) atoms. The van der Waals surface area contributed by atoms with Crippen LogP contribution in [0.3, 0.4) is 0 Å². The third kappa shape index (κ3) is 7.40. The number of carbonyl (C=O) groups excluding carboxylic acids is 1. The zero-order valence-corrected chi connectivity index (χ0v) is 5.23. The van der Waals surface area contributed by atoms with Gasteiger partial charge in [0.1, 0.15) is 0 Å². The standard InChI is InChI=1S/C6H10FO2/c7-5-3-1-2-4-6(8)9/h1-5H2. The third-order valence-corrected chi connectivity index (χ3v) is 1.01. The predicted octanol–water partition coefficient (Wildman–Crippen LogP) is 1.47. The average Bonchev–Trinajstić information content (AvgIpc) is 1.80. The van der Waals surface area contributed by atoms with E-state index in [1.165, 1.54) is 0 Å². The van der Waals surface area contributed by atoms with Crippen LogP contribution in [0.4, 0.5) is 4.39 Å². The molecule has 0 N–H and O–H groups in total. The monoisotopic (exact) mass is 133 g/mol. The van der Waals surface area contributed by atoms with E-state index in [9.17, 15) is 14.3 Å². The van der Waals surface area contributed by atoms with E-state index >= 15 is 0 Å². The first-order chi connectivity index (χ1) is 4.27. The summed E-state index contributed by atoms with van der Waals surface area (Å²) in [5, 5.41) is 9.76. The van der Waals surface area contributed by atoms with Crippen LogP contribution in [0.1, 0.15) is 25.7 Å². The second kappa shape index (κ2) is 5.54. The lowest BCUT2D eigenvalue weighted by atomic mass is 10.2. The number of alkyl halides is 1. The SMILES string of the molecule is [O]C(=O)CCCCCF. The van der Waals surface area contributed by atoms with Crippen molar-refractivity contribution < 1.29 is 14.3 Å². The molecular weight excluding hydrogens is 123 g/mol. The number of rotatable bonds is 5. The zero-order valence-electron chi connectivity index (χ0n) is 5.23. The summed E-state index contributed by atoms with van der Waals surface area (Å²) in [5.41, 5.74) is 0. The van der Waals surface area contributed by atoms with Crippen molar-refractivity contribution in [2.45, 2.75) is 25.7 Å². The molecule has 1 radical (unpaired) electrons. The summed E-state index contributed by atoms with van der Waals surface area (Å²) in [4.78, 5) is 9.76. The maximum absolute atomic E-state index is 11.4. The predicted molar refractivity (Wildman–Crippen MR) is 30.1 cm³/mol. The van der Waals surface area contributed by atoms with Crippen LogP contribution in [0.25, 0.3) is 0 Å². The molecule has 0 heterocycles. The lowest BCUT2D eigenvalue weighted by Gasteiger charge is -1.90. The van der Waals surface area contributed by atoms with Gasteiger partial charge >= 0.3 is 5.97 Å². The summed E-state index contributed by atoms with van der Waals surface area (Å²) < 4.78 is 11.4. The molecule has 0 saturated heterocycles. The van der Waals surface area contributed by atoms with Crippen molar-refractivity contribution in [3.8, 4) is 0 Å². The minimum atomic E-state index is -1.05. The minimum Gasteiger partial charge on any atom is -0.251 e. The van der Waals surface area contributed by atoms with E-state index in [0.29, 0.717) is 19.3 Å². The first kappa shape index (κ1) is 8.40. The highest BCUT2D eigenvalue weighted by molar-refractivity contribution is 5.66. The van der Waals surface area contributed by atoms with Crippen LogP contribution in [0.15, 0.2) is 0 Å². The molecule has 0 unspecified atom stereocenters. The van der Waals surface area contributed by atoms with E-state index in [-0.39, 0.29) is 13.1 Å². The second-order valence-corrected chi connectivity index (χ2v) is 1.87. The molecule has 0 aromatic rings. The summed E-state index contributed by atoms with van der Waals surface area (Å²) in [7, 11) is 0. The Hall–Kier alpha value is -0.600. The van der Waals surface area contributed by atoms with Crippen LogP contribution in [0.5, 0.6) is 0 Å². The molecule has 0 amide bonds. The van der Waals surface area contributed by atoms with E-state index < -0.39 is 5.97 Å². The summed E-state index contributed by atoms with van der Waals surface area (Å²) >= 11 is 0. The van der Waals surface area contributed by atoms with Crippen molar-refractivity contribution in [3.05, 3.63) is 0 Å². The normalized spacial score (nSPS) is 9.44. The van der Waals surface area contributed by atoms with Gasteiger partial charge in [0, 0.05) is 0 Å². The highest BCUT2D eigenvalue weighted by atomic mass is 19.1. The van der Waals surface area contributed by atoms with Crippen LogP contribution >= 0.6 is 0 Å². The molecule has 0 aliphatic carbocycles. The fourth-order valence-corrected chi connectivity index (χ4v) is 0.541. The van der Waals surface area contributed by atoms with E-state index in [1.54, 1.807) is 0 Å². The summed E-state index contributed by atoms with van der Waals surface area (Å²) in [6, 6.07) is 0. The van der Waals surface area contributed by atoms with Gasteiger partial charge in [-0.05, 0) is 12.8 Å². The highest BCUT2D eigenvalue weighted by Gasteiger charge is 1.97. The van der Waals surface area contributed by atoms with Gasteiger partial charge in [0.25, 0.3) is 0 Å². The fourth-order valence-electron chi connectivity index (χ4n) is 0.541. The van der Waals surface area contributed by atoms with E-state index in [1.807, 2.05) is 0 Å². The molecule has 0 bridgehead atoms. The Balaban J connectivity index is 2.83. The number of hydrogen-bond donors (Lipinski definition) is 0. The molecule has 0 fully saturated rings. The van der Waals surface area contributed by atoms with Crippen molar-refractivity contribution in [3.63, 3.8) is 0 Å². The van der Waals surface area contributed by atoms with Gasteiger partial charge < -0.3 is 0 Å². The Bertz CT molecular complexity index is 83.1. The van der Waals surface area contributed by atoms with Gasteiger partial charge in [0.2, 0.25) is 0 Å². The van der Waals surface area contributed by atoms with Crippen molar-refractivity contribution in [2.75, 3.05) is 6.67 Å². The topological polar surface area (TPSA) is 37.0 Å². The Kier molecular flexibility index (Phi) is 5.17. The molecule has 0 aromatic heterocycles. The average molecular weight is 133 g/mol. The number of unbranched alkanes of at least 4 members (excludes halogenated alkanes) is 2. The lowest BCUT2D eigenvalue weighted by molar-refractivity contribution is -0.143. The molecule has 0 aromatic carbocycles. The van der Waals surface area contributed by atoms with Crippen LogP contribution in [0.2, 0.25) is 0 Å². The van der Waals surface area contributed by atoms with Gasteiger partial charge in [-0.2, -0.15) is 0 Å². The van der Waals surface area contributed by atoms with Gasteiger partial charge in [0.15, 0.2) is 0 Å². The Morgan fingerprint density at radius 2 is 1.89 bits per heavy atom. The molecule has 0 rings (SSSR count). The highest BCUT2D eigenvalue weighted by Crippen LogP contribution is 1.99. The number of hydrogen-bond acceptors (Lipinski definition) is 1. The Morgan fingerprint density at radius 3 is 2.33 bits per heavy atom. The van der Waals surface area contributed by atoms with Crippen molar-refractivity contribution in [1.82, 2.24) is 0 Å². The number of carbonyl (C=O) groups is 1. The second-order valence-electron chi connectivity index (χ2n) is 1.87. The van der Waals surface area contributed by atoms with Gasteiger partial charge in [-0.3, -0.25) is 4.39 Å². The minimum absolute atomic E-state index is 0.0556. The zero-order chi connectivity index (χ0) is 7.11. The molecule has 2 nitrogen and oxygen atoms in total. The van der Waals surface area contributed by atoms with Crippen LogP contribution in [-0.4, -0.2) is 12.6 Å². The largest absolute Gasteiger partial charge is 0.355 e. The summed E-state index contributed by atoms with van der Waals surface area (Å²) in [6.07, 6.45) is 1.70. The molecule has 0 atom stereocenters. The molecule has 0 spiro atoms. The Morgan fingerprint density at radius 1 is 1.22 bits per heavy atom. The smallest absolute Gasteiger partial charge is 0.251 e. The fraction of sp³-hybridized carbons (Fsp3) is 0.833. The molecule has 0 aliphatic rings. The van der Waals surface area contributed by atoms with Crippen LogP contribution in [0, 0.1) is 0 Å². The third-order valence-electron chi connectivity index (χ3n) is 1.01. The van der Waals surface area contributed by atoms with Gasteiger partial charge in [-0.1, -0.05) is 6.42 Å². The lowest BCUT2D eigenvalue weighted by Crippen LogP contribution is -1.91. The molecular formula is C6H10FO2. The van der Waals surface area contributed by atoms with Crippen LogP contribution < -0.4 is 0 Å². The summed E-state index contributed by atoms with van der Waals surface area (Å²) in [5.74, 6) is -1.05. The van der Waals surface area contributed by atoms with Gasteiger partial charge in [-0.15, -0.1) is 0 Å². The van der Waals surface area contributed by atoms with E-state index in [4.69, 9.17) is 0 Å². The summed E-state index contributed by atoms with van der Waals surface area (Å²) in [6.45, 7) is -0.354. The molecule has 53 valence electrons. The first-order valence-electron chi connectivity index (χ1n) is 3.03. The van der Waals surface area contributed by atoms with E-state index in [0.717, 1.165) is 0 Å².